The third kappa shape index (κ3) is 4.61. The highest BCUT2D eigenvalue weighted by atomic mass is 16.7. The summed E-state index contributed by atoms with van der Waals surface area (Å²) in [6, 6.07) is 4.28. The van der Waals surface area contributed by atoms with E-state index in [-0.39, 0.29) is 36.9 Å². The van der Waals surface area contributed by atoms with Gasteiger partial charge in [-0.2, -0.15) is 0 Å². The van der Waals surface area contributed by atoms with Crippen molar-refractivity contribution in [2.24, 2.45) is 0 Å². The summed E-state index contributed by atoms with van der Waals surface area (Å²) >= 11 is 0. The van der Waals surface area contributed by atoms with Crippen LogP contribution in [0.15, 0.2) is 18.2 Å². The number of ether oxygens (including phenoxy) is 6. The van der Waals surface area contributed by atoms with E-state index in [0.29, 0.717) is 31.1 Å². The molecule has 2 saturated heterocycles. The van der Waals surface area contributed by atoms with E-state index in [1.165, 1.54) is 19.2 Å². The van der Waals surface area contributed by atoms with Gasteiger partial charge in [-0.05, 0) is 6.42 Å². The van der Waals surface area contributed by atoms with E-state index in [2.05, 4.69) is 0 Å². The predicted octanol–water partition coefficient (Wildman–Crippen LogP) is 1.92. The molecule has 2 fully saturated rings. The zero-order valence-corrected chi connectivity index (χ0v) is 14.8. The Balaban J connectivity index is 1.59. The average Bonchev–Trinajstić information content (AvgIpc) is 3.29. The number of nitro benzene ring substituents is 1. The molecule has 0 N–H and O–H groups in total. The van der Waals surface area contributed by atoms with Gasteiger partial charge in [-0.1, -0.05) is 0 Å². The number of rotatable bonds is 8. The minimum Gasteiger partial charge on any atom is -0.496 e. The molecule has 2 heterocycles. The molecular weight excluding hydrogens is 346 g/mol. The zero-order valence-electron chi connectivity index (χ0n) is 14.8. The first kappa shape index (κ1) is 18.8. The molecule has 0 saturated carbocycles. The quantitative estimate of drug-likeness (QED) is 0.506. The van der Waals surface area contributed by atoms with Crippen LogP contribution in [0.5, 0.6) is 11.5 Å². The van der Waals surface area contributed by atoms with Crippen molar-refractivity contribution < 1.29 is 33.3 Å². The second-order valence-corrected chi connectivity index (χ2v) is 6.17. The number of non-ortho nitro benzene ring substituents is 1. The van der Waals surface area contributed by atoms with Crippen molar-refractivity contribution in [2.75, 3.05) is 34.0 Å². The number of hydrogen-bond acceptors (Lipinski definition) is 8. The van der Waals surface area contributed by atoms with Crippen LogP contribution in [0, 0.1) is 10.1 Å². The summed E-state index contributed by atoms with van der Waals surface area (Å²) in [7, 11) is 3.05. The van der Waals surface area contributed by atoms with Crippen molar-refractivity contribution in [3.8, 4) is 11.5 Å². The van der Waals surface area contributed by atoms with E-state index in [9.17, 15) is 10.1 Å². The van der Waals surface area contributed by atoms with Crippen molar-refractivity contribution in [3.05, 3.63) is 28.3 Å². The molecule has 0 spiro atoms. The van der Waals surface area contributed by atoms with Crippen LogP contribution in [0.2, 0.25) is 0 Å². The monoisotopic (exact) mass is 369 g/mol. The lowest BCUT2D eigenvalue weighted by Gasteiger charge is -2.19. The van der Waals surface area contributed by atoms with Crippen molar-refractivity contribution in [3.63, 3.8) is 0 Å². The van der Waals surface area contributed by atoms with Crippen LogP contribution in [0.4, 0.5) is 5.69 Å². The molecule has 9 heteroatoms. The minimum atomic E-state index is -0.493. The summed E-state index contributed by atoms with van der Waals surface area (Å²) in [5, 5.41) is 11.0. The van der Waals surface area contributed by atoms with Crippen molar-refractivity contribution in [1.29, 1.82) is 0 Å². The lowest BCUT2D eigenvalue weighted by atomic mass is 10.2. The Kier molecular flexibility index (Phi) is 6.25. The SMILES string of the molecule is COc1cc(OCC2OC(OC3CCOC3)CC2OC)cc([N+](=O)[O-])c1. The Labute approximate surface area is 151 Å². The highest BCUT2D eigenvalue weighted by Gasteiger charge is 2.38. The van der Waals surface area contributed by atoms with E-state index >= 15 is 0 Å². The van der Waals surface area contributed by atoms with Crippen LogP contribution >= 0.6 is 0 Å². The minimum absolute atomic E-state index is 0.0400. The topological polar surface area (TPSA) is 98.5 Å². The third-order valence-electron chi connectivity index (χ3n) is 4.43. The molecule has 0 aromatic heterocycles. The standard InChI is InChI=1S/C17H23NO8/c1-21-13-5-11(18(19)20)6-14(7-13)24-10-16-15(22-2)8-17(26-16)25-12-3-4-23-9-12/h5-7,12,15-17H,3-4,8-10H2,1-2H3. The van der Waals surface area contributed by atoms with Gasteiger partial charge in [-0.15, -0.1) is 0 Å². The van der Waals surface area contributed by atoms with Crippen molar-refractivity contribution in [2.45, 2.75) is 37.4 Å². The molecule has 0 radical (unpaired) electrons. The summed E-state index contributed by atoms with van der Waals surface area (Å²) in [6.45, 7) is 1.46. The van der Waals surface area contributed by atoms with Crippen LogP contribution in [0.1, 0.15) is 12.8 Å². The molecule has 1 aromatic rings. The molecule has 0 bridgehead atoms. The Morgan fingerprint density at radius 1 is 1.27 bits per heavy atom. The van der Waals surface area contributed by atoms with Gasteiger partial charge >= 0.3 is 0 Å². The molecule has 4 atom stereocenters. The number of hydrogen-bond donors (Lipinski definition) is 0. The van der Waals surface area contributed by atoms with Gasteiger partial charge in [-0.25, -0.2) is 0 Å². The highest BCUT2D eigenvalue weighted by Crippen LogP contribution is 2.30. The molecule has 2 aliphatic rings. The molecule has 4 unspecified atom stereocenters. The predicted molar refractivity (Wildman–Crippen MR) is 89.5 cm³/mol. The largest absolute Gasteiger partial charge is 0.496 e. The number of nitrogens with zero attached hydrogens (tertiary/aromatic N) is 1. The van der Waals surface area contributed by atoms with Crippen LogP contribution in [0.25, 0.3) is 0 Å². The number of benzene rings is 1. The maximum Gasteiger partial charge on any atom is 0.276 e. The Bertz CT molecular complexity index is 619. The fourth-order valence-electron chi connectivity index (χ4n) is 3.04. The zero-order chi connectivity index (χ0) is 18.5. The van der Waals surface area contributed by atoms with Crippen LogP contribution in [-0.4, -0.2) is 63.6 Å². The van der Waals surface area contributed by atoms with Gasteiger partial charge in [0.1, 0.15) is 24.2 Å². The second kappa shape index (κ2) is 8.63. The van der Waals surface area contributed by atoms with Gasteiger partial charge < -0.3 is 28.4 Å². The summed E-state index contributed by atoms with van der Waals surface area (Å²) < 4.78 is 33.3. The van der Waals surface area contributed by atoms with Gasteiger partial charge in [0.05, 0.1) is 43.0 Å². The normalized spacial score (nSPS) is 28.2. The lowest BCUT2D eigenvalue weighted by molar-refractivity contribution is -0.385. The van der Waals surface area contributed by atoms with Gasteiger partial charge in [-0.3, -0.25) is 10.1 Å². The Morgan fingerprint density at radius 2 is 2.08 bits per heavy atom. The van der Waals surface area contributed by atoms with Gasteiger partial charge in [0.2, 0.25) is 0 Å². The highest BCUT2D eigenvalue weighted by molar-refractivity contribution is 5.46. The molecule has 0 aliphatic carbocycles. The molecule has 3 rings (SSSR count). The third-order valence-corrected chi connectivity index (χ3v) is 4.43. The maximum atomic E-state index is 11.0. The van der Waals surface area contributed by atoms with Crippen LogP contribution in [-0.2, 0) is 18.9 Å². The molecule has 144 valence electrons. The smallest absolute Gasteiger partial charge is 0.276 e. The lowest BCUT2D eigenvalue weighted by Crippen LogP contribution is -2.30. The summed E-state index contributed by atoms with van der Waals surface area (Å²) in [4.78, 5) is 10.5. The molecule has 2 aliphatic heterocycles. The van der Waals surface area contributed by atoms with Gasteiger partial charge in [0.25, 0.3) is 5.69 Å². The number of nitro groups is 1. The summed E-state index contributed by atoms with van der Waals surface area (Å²) in [5.41, 5.74) is -0.0996. The van der Waals surface area contributed by atoms with Crippen molar-refractivity contribution in [1.82, 2.24) is 0 Å². The molecule has 1 aromatic carbocycles. The Morgan fingerprint density at radius 3 is 2.73 bits per heavy atom. The molecule has 26 heavy (non-hydrogen) atoms. The maximum absolute atomic E-state index is 11.0. The average molecular weight is 369 g/mol. The summed E-state index contributed by atoms with van der Waals surface area (Å²) in [5.74, 6) is 0.690. The van der Waals surface area contributed by atoms with E-state index in [1.54, 1.807) is 13.2 Å². The fraction of sp³-hybridized carbons (Fsp3) is 0.647. The first-order chi connectivity index (χ1) is 12.6. The first-order valence-electron chi connectivity index (χ1n) is 8.46. The van der Waals surface area contributed by atoms with Crippen LogP contribution < -0.4 is 9.47 Å². The number of methoxy groups -OCH3 is 2. The second-order valence-electron chi connectivity index (χ2n) is 6.17. The molecule has 0 amide bonds. The molecular formula is C17H23NO8. The van der Waals surface area contributed by atoms with Crippen molar-refractivity contribution >= 4 is 5.69 Å². The Hall–Kier alpha value is -1.94. The first-order valence-corrected chi connectivity index (χ1v) is 8.46. The summed E-state index contributed by atoms with van der Waals surface area (Å²) in [6.07, 6.45) is 0.601. The van der Waals surface area contributed by atoms with E-state index < -0.39 is 4.92 Å². The van der Waals surface area contributed by atoms with E-state index in [1.807, 2.05) is 0 Å². The molecule has 9 nitrogen and oxygen atoms in total. The van der Waals surface area contributed by atoms with E-state index in [4.69, 9.17) is 28.4 Å². The van der Waals surface area contributed by atoms with Gasteiger partial charge in [0.15, 0.2) is 6.29 Å². The van der Waals surface area contributed by atoms with E-state index in [0.717, 1.165) is 6.42 Å². The van der Waals surface area contributed by atoms with Crippen LogP contribution in [0.3, 0.4) is 0 Å². The van der Waals surface area contributed by atoms with Gasteiger partial charge in [0, 0.05) is 26.2 Å². The fourth-order valence-corrected chi connectivity index (χ4v) is 3.04.